The van der Waals surface area contributed by atoms with Crippen molar-refractivity contribution in [1.29, 1.82) is 0 Å². The molecule has 0 aliphatic carbocycles. The molecule has 162 valence electrons. The summed E-state index contributed by atoms with van der Waals surface area (Å²) in [6.07, 6.45) is 0. The van der Waals surface area contributed by atoms with E-state index in [4.69, 9.17) is 18.4 Å². The van der Waals surface area contributed by atoms with Gasteiger partial charge in [-0.15, -0.1) is 0 Å². The SMILES string of the molecule is COc1ccc(S(=O)Oc2ccc(Oc3ccc(Oc4ccc(C)cc4)cc3)cc2)cc1. The van der Waals surface area contributed by atoms with Crippen molar-refractivity contribution in [1.82, 2.24) is 0 Å². The van der Waals surface area contributed by atoms with Crippen LogP contribution in [0, 0.1) is 6.92 Å². The van der Waals surface area contributed by atoms with E-state index < -0.39 is 11.1 Å². The molecule has 0 saturated carbocycles. The Bertz CT molecular complexity index is 1170. The van der Waals surface area contributed by atoms with Gasteiger partial charge in [-0.25, -0.2) is 4.21 Å². The molecular formula is C26H22O5S. The van der Waals surface area contributed by atoms with E-state index in [2.05, 4.69) is 0 Å². The molecule has 5 nitrogen and oxygen atoms in total. The number of hydrogen-bond acceptors (Lipinski definition) is 5. The molecule has 4 aromatic carbocycles. The second-order valence-corrected chi connectivity index (χ2v) is 8.06. The topological polar surface area (TPSA) is 54.0 Å². The molecule has 0 aliphatic rings. The van der Waals surface area contributed by atoms with Gasteiger partial charge in [0, 0.05) is 0 Å². The fraction of sp³-hybridized carbons (Fsp3) is 0.0769. The van der Waals surface area contributed by atoms with Gasteiger partial charge in [-0.2, -0.15) is 0 Å². The Labute approximate surface area is 189 Å². The highest BCUT2D eigenvalue weighted by Crippen LogP contribution is 2.28. The number of rotatable bonds is 8. The molecular weight excluding hydrogens is 424 g/mol. The zero-order chi connectivity index (χ0) is 22.3. The molecule has 1 atom stereocenters. The highest BCUT2D eigenvalue weighted by molar-refractivity contribution is 7.80. The molecule has 0 fully saturated rings. The Balaban J connectivity index is 1.33. The first kappa shape index (κ1) is 21.5. The third kappa shape index (κ3) is 5.68. The lowest BCUT2D eigenvalue weighted by Crippen LogP contribution is -2.01. The maximum absolute atomic E-state index is 12.4. The van der Waals surface area contributed by atoms with Gasteiger partial charge in [0.15, 0.2) is 0 Å². The van der Waals surface area contributed by atoms with Gasteiger partial charge >= 0.3 is 0 Å². The second kappa shape index (κ2) is 10.0. The second-order valence-electron chi connectivity index (χ2n) is 6.95. The van der Waals surface area contributed by atoms with E-state index in [0.717, 1.165) is 11.5 Å². The number of hydrogen-bond donors (Lipinski definition) is 0. The van der Waals surface area contributed by atoms with Crippen LogP contribution < -0.4 is 18.4 Å². The summed E-state index contributed by atoms with van der Waals surface area (Å²) in [6, 6.07) is 29.1. The summed E-state index contributed by atoms with van der Waals surface area (Å²) in [6.45, 7) is 2.04. The Morgan fingerprint density at radius 2 is 0.906 bits per heavy atom. The van der Waals surface area contributed by atoms with Gasteiger partial charge in [0.25, 0.3) is 0 Å². The summed E-state index contributed by atoms with van der Waals surface area (Å²) in [5.41, 5.74) is 1.18. The van der Waals surface area contributed by atoms with Gasteiger partial charge in [0.2, 0.25) is 11.1 Å². The Hall–Kier alpha value is -3.77. The van der Waals surface area contributed by atoms with Gasteiger partial charge in [0.1, 0.15) is 34.5 Å². The van der Waals surface area contributed by atoms with Crippen molar-refractivity contribution in [3.63, 3.8) is 0 Å². The van der Waals surface area contributed by atoms with Gasteiger partial charge < -0.3 is 18.4 Å². The number of ether oxygens (including phenoxy) is 3. The van der Waals surface area contributed by atoms with Crippen molar-refractivity contribution in [3.05, 3.63) is 103 Å². The summed E-state index contributed by atoms with van der Waals surface area (Å²) in [7, 11) is 1.58. The highest BCUT2D eigenvalue weighted by Gasteiger charge is 2.08. The lowest BCUT2D eigenvalue weighted by molar-refractivity contribution is 0.414. The van der Waals surface area contributed by atoms with Crippen molar-refractivity contribution < 1.29 is 22.6 Å². The van der Waals surface area contributed by atoms with Crippen LogP contribution in [-0.4, -0.2) is 11.3 Å². The number of aryl methyl sites for hydroxylation is 1. The number of benzene rings is 4. The maximum atomic E-state index is 12.4. The van der Waals surface area contributed by atoms with E-state index in [0.29, 0.717) is 27.9 Å². The average Bonchev–Trinajstić information content (AvgIpc) is 2.83. The molecule has 0 bridgehead atoms. The van der Waals surface area contributed by atoms with E-state index >= 15 is 0 Å². The predicted molar refractivity (Wildman–Crippen MR) is 124 cm³/mol. The first-order valence-electron chi connectivity index (χ1n) is 9.96. The molecule has 32 heavy (non-hydrogen) atoms. The van der Waals surface area contributed by atoms with Gasteiger partial charge in [0.05, 0.1) is 12.0 Å². The molecule has 0 saturated heterocycles. The van der Waals surface area contributed by atoms with Crippen LogP contribution in [0.15, 0.2) is 102 Å². The Morgan fingerprint density at radius 1 is 0.531 bits per heavy atom. The first-order chi connectivity index (χ1) is 15.6. The molecule has 0 spiro atoms. The van der Waals surface area contributed by atoms with Gasteiger partial charge in [-0.05, 0) is 91.9 Å². The summed E-state index contributed by atoms with van der Waals surface area (Å²) < 4.78 is 34.7. The molecule has 0 N–H and O–H groups in total. The monoisotopic (exact) mass is 446 g/mol. The van der Waals surface area contributed by atoms with Crippen LogP contribution in [0.2, 0.25) is 0 Å². The van der Waals surface area contributed by atoms with Crippen molar-refractivity contribution >= 4 is 11.1 Å². The fourth-order valence-electron chi connectivity index (χ4n) is 2.84. The minimum Gasteiger partial charge on any atom is -0.497 e. The van der Waals surface area contributed by atoms with Gasteiger partial charge in [-0.3, -0.25) is 0 Å². The average molecular weight is 447 g/mol. The Kier molecular flexibility index (Phi) is 6.72. The standard InChI is InChI=1S/C26H22O5S/c1-19-3-5-21(6-4-19)29-22-7-9-23(10-8-22)30-24-11-13-25(14-12-24)31-32(27)26-17-15-20(28-2)16-18-26/h3-18H,1-2H3. The normalized spacial score (nSPS) is 11.4. The summed E-state index contributed by atoms with van der Waals surface area (Å²) in [5.74, 6) is 4.00. The van der Waals surface area contributed by atoms with Crippen molar-refractivity contribution in [2.75, 3.05) is 7.11 Å². The van der Waals surface area contributed by atoms with E-state index in [1.54, 1.807) is 55.6 Å². The van der Waals surface area contributed by atoms with E-state index in [-0.39, 0.29) is 0 Å². The van der Waals surface area contributed by atoms with E-state index in [1.807, 2.05) is 55.5 Å². The number of methoxy groups -OCH3 is 1. The lowest BCUT2D eigenvalue weighted by Gasteiger charge is -2.09. The van der Waals surface area contributed by atoms with Crippen molar-refractivity contribution in [2.24, 2.45) is 0 Å². The zero-order valence-electron chi connectivity index (χ0n) is 17.7. The minimum atomic E-state index is -1.62. The summed E-state index contributed by atoms with van der Waals surface area (Å²) in [4.78, 5) is 0.555. The maximum Gasteiger partial charge on any atom is 0.240 e. The molecule has 0 radical (unpaired) electrons. The minimum absolute atomic E-state index is 0.480. The largest absolute Gasteiger partial charge is 0.497 e. The van der Waals surface area contributed by atoms with Crippen LogP contribution in [-0.2, 0) is 11.1 Å². The molecule has 1 unspecified atom stereocenters. The van der Waals surface area contributed by atoms with Crippen molar-refractivity contribution in [3.8, 4) is 34.5 Å². The fourth-order valence-corrected chi connectivity index (χ4v) is 3.58. The molecule has 4 rings (SSSR count). The summed E-state index contributed by atoms with van der Waals surface area (Å²) >= 11 is -1.62. The first-order valence-corrected chi connectivity index (χ1v) is 11.0. The quantitative estimate of drug-likeness (QED) is 0.302. The van der Waals surface area contributed by atoms with E-state index in [1.165, 1.54) is 5.56 Å². The lowest BCUT2D eigenvalue weighted by atomic mass is 10.2. The molecule has 0 amide bonds. The summed E-state index contributed by atoms with van der Waals surface area (Å²) in [5, 5.41) is 0. The highest BCUT2D eigenvalue weighted by atomic mass is 32.2. The van der Waals surface area contributed by atoms with E-state index in [9.17, 15) is 4.21 Å². The van der Waals surface area contributed by atoms with Crippen LogP contribution >= 0.6 is 0 Å². The van der Waals surface area contributed by atoms with Crippen LogP contribution in [0.25, 0.3) is 0 Å². The molecule has 0 aromatic heterocycles. The van der Waals surface area contributed by atoms with Crippen molar-refractivity contribution in [2.45, 2.75) is 11.8 Å². The predicted octanol–water partition coefficient (Wildman–Crippen LogP) is 6.69. The third-order valence-corrected chi connectivity index (χ3v) is 5.56. The zero-order valence-corrected chi connectivity index (χ0v) is 18.5. The third-order valence-electron chi connectivity index (χ3n) is 4.56. The van der Waals surface area contributed by atoms with Crippen LogP contribution in [0.3, 0.4) is 0 Å². The Morgan fingerprint density at radius 3 is 1.34 bits per heavy atom. The molecule has 0 heterocycles. The smallest absolute Gasteiger partial charge is 0.240 e. The van der Waals surface area contributed by atoms with Crippen LogP contribution in [0.4, 0.5) is 0 Å². The van der Waals surface area contributed by atoms with Gasteiger partial charge in [-0.1, -0.05) is 17.7 Å². The molecule has 6 heteroatoms. The van der Waals surface area contributed by atoms with Crippen LogP contribution in [0.1, 0.15) is 5.56 Å². The molecule has 4 aromatic rings. The molecule has 0 aliphatic heterocycles. The van der Waals surface area contributed by atoms with Crippen LogP contribution in [0.5, 0.6) is 34.5 Å².